The molecule has 0 spiro atoms. The molecule has 0 saturated carbocycles. The van der Waals surface area contributed by atoms with E-state index in [0.717, 1.165) is 39.9 Å². The highest BCUT2D eigenvalue weighted by Gasteiger charge is 2.31. The van der Waals surface area contributed by atoms with Gasteiger partial charge in [0.25, 0.3) is 0 Å². The van der Waals surface area contributed by atoms with Gasteiger partial charge in [0, 0.05) is 60.8 Å². The molecule has 0 radical (unpaired) electrons. The fraction of sp³-hybridized carbons (Fsp3) is 0.188. The number of para-hydroxylation sites is 1. The molecule has 1 atom stereocenters. The molecule has 1 amide bonds. The number of amides is 1. The summed E-state index contributed by atoms with van der Waals surface area (Å²) in [7, 11) is 0. The fourth-order valence-electron chi connectivity index (χ4n) is 4.92. The van der Waals surface area contributed by atoms with Crippen LogP contribution in [0.4, 0.5) is 17.6 Å². The summed E-state index contributed by atoms with van der Waals surface area (Å²) in [5.74, 6) is -1.02. The van der Waals surface area contributed by atoms with E-state index in [-0.39, 0.29) is 18.1 Å². The highest BCUT2D eigenvalue weighted by molar-refractivity contribution is 5.86. The number of nitrogens with zero attached hydrogens (tertiary/aromatic N) is 2. The molecule has 0 aliphatic carbocycles. The number of carbonyl (C=O) groups excluding carboxylic acids is 1. The molecular formula is C32H27F4N3O. The maximum absolute atomic E-state index is 13.5. The second kappa shape index (κ2) is 11.7. The van der Waals surface area contributed by atoms with E-state index in [1.165, 1.54) is 24.3 Å². The summed E-state index contributed by atoms with van der Waals surface area (Å²) in [4.78, 5) is 17.4. The second-order valence-corrected chi connectivity index (χ2v) is 9.65. The maximum Gasteiger partial charge on any atom is 0.416 e. The number of hydrogen-bond donors (Lipinski definition) is 1. The molecule has 0 fully saturated rings. The number of halogens is 4. The van der Waals surface area contributed by atoms with Gasteiger partial charge in [0.1, 0.15) is 5.82 Å². The average Bonchev–Trinajstić information content (AvgIpc) is 3.31. The number of rotatable bonds is 9. The van der Waals surface area contributed by atoms with Gasteiger partial charge in [-0.15, -0.1) is 0 Å². The number of fused-ring (bicyclic) bond motifs is 1. The summed E-state index contributed by atoms with van der Waals surface area (Å²) in [6.45, 7) is 0.860. The quantitative estimate of drug-likeness (QED) is 0.201. The van der Waals surface area contributed by atoms with Crippen LogP contribution in [0.1, 0.15) is 40.3 Å². The monoisotopic (exact) mass is 545 g/mol. The number of benzene rings is 3. The van der Waals surface area contributed by atoms with Gasteiger partial charge in [-0.3, -0.25) is 9.78 Å². The van der Waals surface area contributed by atoms with Gasteiger partial charge in [-0.1, -0.05) is 48.5 Å². The van der Waals surface area contributed by atoms with Crippen LogP contribution in [0.2, 0.25) is 0 Å². The third-order valence-electron chi connectivity index (χ3n) is 6.92. The van der Waals surface area contributed by atoms with Crippen molar-refractivity contribution >= 4 is 16.8 Å². The zero-order valence-corrected chi connectivity index (χ0v) is 21.5. The number of aromatic nitrogens is 2. The van der Waals surface area contributed by atoms with Crippen LogP contribution in [0.25, 0.3) is 10.9 Å². The highest BCUT2D eigenvalue weighted by atomic mass is 19.4. The minimum absolute atomic E-state index is 0.0537. The van der Waals surface area contributed by atoms with Crippen molar-refractivity contribution in [1.82, 2.24) is 14.9 Å². The lowest BCUT2D eigenvalue weighted by Gasteiger charge is -2.18. The first-order valence-electron chi connectivity index (χ1n) is 12.9. The van der Waals surface area contributed by atoms with Crippen LogP contribution in [0.3, 0.4) is 0 Å². The first kappa shape index (κ1) is 27.1. The van der Waals surface area contributed by atoms with E-state index >= 15 is 0 Å². The van der Waals surface area contributed by atoms with Crippen LogP contribution < -0.4 is 5.32 Å². The van der Waals surface area contributed by atoms with Crippen LogP contribution in [0.15, 0.2) is 103 Å². The van der Waals surface area contributed by atoms with Crippen molar-refractivity contribution in [1.29, 1.82) is 0 Å². The third-order valence-corrected chi connectivity index (χ3v) is 6.92. The first-order chi connectivity index (χ1) is 19.3. The molecule has 3 aromatic carbocycles. The standard InChI is InChI=1S/C32H27F4N3O/c33-25-14-8-22(9-15-25)20-39-21-29(27-6-1-2-7-30(27)39)28(23-10-12-24(13-11-23)32(34,35)36)19-31(40)38-18-16-26-5-3-4-17-37-26/h1-15,17,21,28H,16,18-20H2,(H,38,40)/t28-/m1/s1. The molecule has 0 bridgehead atoms. The zero-order valence-electron chi connectivity index (χ0n) is 21.5. The van der Waals surface area contributed by atoms with Crippen LogP contribution >= 0.6 is 0 Å². The Morgan fingerprint density at radius 3 is 2.33 bits per heavy atom. The largest absolute Gasteiger partial charge is 0.416 e. The predicted molar refractivity (Wildman–Crippen MR) is 146 cm³/mol. The molecule has 8 heteroatoms. The van der Waals surface area contributed by atoms with Crippen LogP contribution in [0, 0.1) is 5.82 Å². The number of hydrogen-bond acceptors (Lipinski definition) is 2. The van der Waals surface area contributed by atoms with E-state index in [4.69, 9.17) is 0 Å². The van der Waals surface area contributed by atoms with Gasteiger partial charge in [0.15, 0.2) is 0 Å². The molecule has 5 rings (SSSR count). The molecule has 1 N–H and O–H groups in total. The molecule has 0 unspecified atom stereocenters. The summed E-state index contributed by atoms with van der Waals surface area (Å²) < 4.78 is 55.3. The lowest BCUT2D eigenvalue weighted by Crippen LogP contribution is -2.27. The normalized spacial score (nSPS) is 12.4. The lowest BCUT2D eigenvalue weighted by atomic mass is 9.87. The third kappa shape index (κ3) is 6.39. The van der Waals surface area contributed by atoms with Crippen molar-refractivity contribution in [2.24, 2.45) is 0 Å². The first-order valence-corrected chi connectivity index (χ1v) is 12.9. The molecule has 2 heterocycles. The molecule has 0 aliphatic heterocycles. The summed E-state index contributed by atoms with van der Waals surface area (Å²) in [6.07, 6.45) is -0.203. The number of nitrogens with one attached hydrogen (secondary N) is 1. The highest BCUT2D eigenvalue weighted by Crippen LogP contribution is 2.37. The van der Waals surface area contributed by atoms with Gasteiger partial charge in [0.2, 0.25) is 5.91 Å². The molecule has 0 aliphatic rings. The average molecular weight is 546 g/mol. The van der Waals surface area contributed by atoms with E-state index < -0.39 is 17.7 Å². The molecule has 5 aromatic rings. The molecule has 204 valence electrons. The number of carbonyl (C=O) groups is 1. The minimum Gasteiger partial charge on any atom is -0.356 e. The van der Waals surface area contributed by atoms with Crippen molar-refractivity contribution < 1.29 is 22.4 Å². The van der Waals surface area contributed by atoms with Crippen LogP contribution in [-0.2, 0) is 23.9 Å². The van der Waals surface area contributed by atoms with Crippen LogP contribution in [-0.4, -0.2) is 22.0 Å². The van der Waals surface area contributed by atoms with Crippen molar-refractivity contribution in [2.45, 2.75) is 31.5 Å². The molecule has 4 nitrogen and oxygen atoms in total. The maximum atomic E-state index is 13.5. The van der Waals surface area contributed by atoms with Gasteiger partial charge >= 0.3 is 6.18 Å². The van der Waals surface area contributed by atoms with Crippen molar-refractivity contribution in [3.8, 4) is 0 Å². The summed E-state index contributed by atoms with van der Waals surface area (Å²) >= 11 is 0. The van der Waals surface area contributed by atoms with Crippen LogP contribution in [0.5, 0.6) is 0 Å². The molecule has 2 aromatic heterocycles. The SMILES string of the molecule is O=C(C[C@H](c1ccc(C(F)(F)F)cc1)c1cn(Cc2ccc(F)cc2)c2ccccc12)NCCc1ccccn1. The van der Waals surface area contributed by atoms with Crippen molar-refractivity contribution in [2.75, 3.05) is 6.54 Å². The Morgan fingerprint density at radius 2 is 1.62 bits per heavy atom. The minimum atomic E-state index is -4.46. The van der Waals surface area contributed by atoms with Gasteiger partial charge in [-0.05, 0) is 59.2 Å². The van der Waals surface area contributed by atoms with E-state index in [2.05, 4.69) is 10.3 Å². The summed E-state index contributed by atoms with van der Waals surface area (Å²) in [5, 5.41) is 3.83. The molecular weight excluding hydrogens is 518 g/mol. The topological polar surface area (TPSA) is 46.9 Å². The Hall–Kier alpha value is -4.46. The number of pyridine rings is 1. The Bertz CT molecular complexity index is 1580. The predicted octanol–water partition coefficient (Wildman–Crippen LogP) is 7.12. The van der Waals surface area contributed by atoms with E-state index in [0.29, 0.717) is 25.1 Å². The molecule has 40 heavy (non-hydrogen) atoms. The Kier molecular flexibility index (Phi) is 7.96. The summed E-state index contributed by atoms with van der Waals surface area (Å²) in [6, 6.07) is 24.5. The van der Waals surface area contributed by atoms with Gasteiger partial charge in [0.05, 0.1) is 5.56 Å². The molecule has 0 saturated heterocycles. The van der Waals surface area contributed by atoms with Gasteiger partial charge in [-0.25, -0.2) is 4.39 Å². The summed E-state index contributed by atoms with van der Waals surface area (Å²) in [5.41, 5.74) is 3.36. The van der Waals surface area contributed by atoms with Gasteiger partial charge in [-0.2, -0.15) is 13.2 Å². The number of alkyl halides is 3. The van der Waals surface area contributed by atoms with Crippen molar-refractivity contribution in [3.05, 3.63) is 137 Å². The van der Waals surface area contributed by atoms with E-state index in [1.54, 1.807) is 18.3 Å². The van der Waals surface area contributed by atoms with E-state index in [9.17, 15) is 22.4 Å². The smallest absolute Gasteiger partial charge is 0.356 e. The lowest BCUT2D eigenvalue weighted by molar-refractivity contribution is -0.137. The Morgan fingerprint density at radius 1 is 0.900 bits per heavy atom. The van der Waals surface area contributed by atoms with Crippen molar-refractivity contribution in [3.63, 3.8) is 0 Å². The Balaban J connectivity index is 1.47. The second-order valence-electron chi connectivity index (χ2n) is 9.65. The zero-order chi connectivity index (χ0) is 28.1. The Labute approximate surface area is 229 Å². The van der Waals surface area contributed by atoms with E-state index in [1.807, 2.05) is 53.2 Å². The van der Waals surface area contributed by atoms with Gasteiger partial charge < -0.3 is 9.88 Å². The fourth-order valence-corrected chi connectivity index (χ4v) is 4.92.